The quantitative estimate of drug-likeness (QED) is 0.863. The lowest BCUT2D eigenvalue weighted by molar-refractivity contribution is 0.302. The Morgan fingerprint density at radius 2 is 1.65 bits per heavy atom. The molecule has 0 bridgehead atoms. The molecular formula is C15H21NS. The van der Waals surface area contributed by atoms with Gasteiger partial charge in [0, 0.05) is 23.0 Å². The van der Waals surface area contributed by atoms with Crippen LogP contribution in [-0.4, -0.2) is 11.5 Å². The summed E-state index contributed by atoms with van der Waals surface area (Å²) >= 11 is 2.05. The van der Waals surface area contributed by atoms with Gasteiger partial charge in [-0.25, -0.2) is 0 Å². The van der Waals surface area contributed by atoms with Crippen molar-refractivity contribution in [3.05, 3.63) is 35.4 Å². The van der Waals surface area contributed by atoms with E-state index in [1.165, 1.54) is 41.9 Å². The van der Waals surface area contributed by atoms with Crippen LogP contribution in [0.1, 0.15) is 49.1 Å². The first-order chi connectivity index (χ1) is 8.28. The summed E-state index contributed by atoms with van der Waals surface area (Å²) in [4.78, 5) is 0. The van der Waals surface area contributed by atoms with Crippen molar-refractivity contribution in [2.45, 2.75) is 43.6 Å². The molecule has 1 saturated heterocycles. The molecule has 1 aromatic carbocycles. The average molecular weight is 247 g/mol. The molecule has 1 saturated carbocycles. The molecule has 0 spiro atoms. The molecule has 0 radical (unpaired) electrons. The van der Waals surface area contributed by atoms with Crippen LogP contribution in [0.4, 0.5) is 0 Å². The second kappa shape index (κ2) is 4.66. The summed E-state index contributed by atoms with van der Waals surface area (Å²) in [6, 6.07) is 9.18. The first-order valence-electron chi connectivity index (χ1n) is 6.75. The second-order valence-electron chi connectivity index (χ2n) is 5.57. The number of benzene rings is 1. The molecule has 2 fully saturated rings. The first kappa shape index (κ1) is 11.6. The molecule has 0 unspecified atom stereocenters. The maximum absolute atomic E-state index is 6.55. The Balaban J connectivity index is 1.78. The smallest absolute Gasteiger partial charge is 0.0409 e. The van der Waals surface area contributed by atoms with Gasteiger partial charge < -0.3 is 5.73 Å². The van der Waals surface area contributed by atoms with Crippen LogP contribution in [0.3, 0.4) is 0 Å². The third-order valence-electron chi connectivity index (χ3n) is 4.34. The fourth-order valence-corrected chi connectivity index (χ4v) is 3.84. The van der Waals surface area contributed by atoms with Crippen molar-refractivity contribution in [1.29, 1.82) is 0 Å². The summed E-state index contributed by atoms with van der Waals surface area (Å²) in [5.74, 6) is 3.40. The molecule has 2 heteroatoms. The van der Waals surface area contributed by atoms with Gasteiger partial charge in [-0.1, -0.05) is 43.5 Å². The highest BCUT2D eigenvalue weighted by molar-refractivity contribution is 8.00. The summed E-state index contributed by atoms with van der Waals surface area (Å²) in [6.45, 7) is 0. The maximum atomic E-state index is 6.55. The Kier molecular flexibility index (Phi) is 3.18. The van der Waals surface area contributed by atoms with E-state index in [2.05, 4.69) is 24.3 Å². The van der Waals surface area contributed by atoms with Crippen molar-refractivity contribution in [1.82, 2.24) is 0 Å². The molecule has 2 aliphatic rings. The fraction of sp³-hybridized carbons (Fsp3) is 0.600. The zero-order chi connectivity index (χ0) is 11.7. The van der Waals surface area contributed by atoms with Crippen molar-refractivity contribution >= 4 is 11.8 Å². The topological polar surface area (TPSA) is 26.0 Å². The third kappa shape index (κ3) is 2.25. The Morgan fingerprint density at radius 3 is 2.18 bits per heavy atom. The van der Waals surface area contributed by atoms with Crippen LogP contribution in [0.2, 0.25) is 0 Å². The average Bonchev–Trinajstić information content (AvgIpc) is 2.28. The minimum atomic E-state index is -0.0366. The van der Waals surface area contributed by atoms with Gasteiger partial charge in [-0.3, -0.25) is 0 Å². The normalized spacial score (nSPS) is 24.3. The van der Waals surface area contributed by atoms with E-state index in [4.69, 9.17) is 5.73 Å². The van der Waals surface area contributed by atoms with Crippen molar-refractivity contribution in [3.8, 4) is 0 Å². The summed E-state index contributed by atoms with van der Waals surface area (Å²) in [5.41, 5.74) is 9.37. The van der Waals surface area contributed by atoms with Gasteiger partial charge in [-0.15, -0.1) is 0 Å². The maximum Gasteiger partial charge on any atom is 0.0409 e. The predicted octanol–water partition coefficient (Wildman–Crippen LogP) is 3.64. The van der Waals surface area contributed by atoms with Gasteiger partial charge in [0.1, 0.15) is 0 Å². The Bertz CT molecular complexity index is 374. The molecule has 1 heterocycles. The third-order valence-corrected chi connectivity index (χ3v) is 5.62. The summed E-state index contributed by atoms with van der Waals surface area (Å²) in [7, 11) is 0. The highest BCUT2D eigenvalue weighted by Gasteiger charge is 2.29. The standard InChI is InChI=1S/C15H21NS/c16-15(8-2-1-3-9-15)14-6-4-12(5-7-14)13-10-17-11-13/h4-7,13H,1-3,8-11,16H2. The fourth-order valence-electron chi connectivity index (χ4n) is 2.99. The molecular weight excluding hydrogens is 226 g/mol. The minimum Gasteiger partial charge on any atom is -0.321 e. The lowest BCUT2D eigenvalue weighted by atomic mass is 9.77. The molecule has 0 amide bonds. The Morgan fingerprint density at radius 1 is 1.00 bits per heavy atom. The lowest BCUT2D eigenvalue weighted by Crippen LogP contribution is -2.38. The molecule has 0 aromatic heterocycles. The highest BCUT2D eigenvalue weighted by Crippen LogP contribution is 2.37. The number of hydrogen-bond acceptors (Lipinski definition) is 2. The van der Waals surface area contributed by atoms with Crippen LogP contribution in [0.25, 0.3) is 0 Å². The molecule has 0 atom stereocenters. The van der Waals surface area contributed by atoms with Crippen LogP contribution in [0.15, 0.2) is 24.3 Å². The highest BCUT2D eigenvalue weighted by atomic mass is 32.2. The van der Waals surface area contributed by atoms with Gasteiger partial charge in [-0.2, -0.15) is 11.8 Å². The number of thioether (sulfide) groups is 1. The molecule has 2 N–H and O–H groups in total. The van der Waals surface area contributed by atoms with Crippen LogP contribution in [0.5, 0.6) is 0 Å². The van der Waals surface area contributed by atoms with Gasteiger partial charge in [0.2, 0.25) is 0 Å². The largest absolute Gasteiger partial charge is 0.321 e. The number of rotatable bonds is 2. The van der Waals surface area contributed by atoms with E-state index >= 15 is 0 Å². The monoisotopic (exact) mass is 247 g/mol. The Labute approximate surface area is 108 Å². The van der Waals surface area contributed by atoms with Gasteiger partial charge in [0.25, 0.3) is 0 Å². The molecule has 1 aromatic rings. The molecule has 17 heavy (non-hydrogen) atoms. The van der Waals surface area contributed by atoms with Gasteiger partial charge in [0.15, 0.2) is 0 Å². The van der Waals surface area contributed by atoms with Crippen LogP contribution in [-0.2, 0) is 5.54 Å². The zero-order valence-corrected chi connectivity index (χ0v) is 11.1. The molecule has 1 aliphatic heterocycles. The SMILES string of the molecule is NC1(c2ccc(C3CSC3)cc2)CCCCC1. The molecule has 1 aliphatic carbocycles. The van der Waals surface area contributed by atoms with Crippen LogP contribution < -0.4 is 5.73 Å². The Hall–Kier alpha value is -0.470. The zero-order valence-electron chi connectivity index (χ0n) is 10.3. The summed E-state index contributed by atoms with van der Waals surface area (Å²) in [5, 5.41) is 0. The molecule has 3 rings (SSSR count). The predicted molar refractivity (Wildman–Crippen MR) is 75.5 cm³/mol. The van der Waals surface area contributed by atoms with E-state index in [1.807, 2.05) is 11.8 Å². The minimum absolute atomic E-state index is 0.0366. The summed E-state index contributed by atoms with van der Waals surface area (Å²) < 4.78 is 0. The molecule has 1 nitrogen and oxygen atoms in total. The van der Waals surface area contributed by atoms with Gasteiger partial charge >= 0.3 is 0 Å². The summed E-state index contributed by atoms with van der Waals surface area (Å²) in [6.07, 6.45) is 6.25. The van der Waals surface area contributed by atoms with E-state index in [-0.39, 0.29) is 5.54 Å². The lowest BCUT2D eigenvalue weighted by Gasteiger charge is -2.34. The van der Waals surface area contributed by atoms with Crippen molar-refractivity contribution < 1.29 is 0 Å². The van der Waals surface area contributed by atoms with E-state index in [1.54, 1.807) is 0 Å². The molecule has 92 valence electrons. The van der Waals surface area contributed by atoms with E-state index in [0.717, 1.165) is 18.8 Å². The van der Waals surface area contributed by atoms with Crippen LogP contribution in [0, 0.1) is 0 Å². The van der Waals surface area contributed by atoms with E-state index in [0.29, 0.717) is 0 Å². The number of nitrogens with two attached hydrogens (primary N) is 1. The number of hydrogen-bond donors (Lipinski definition) is 1. The van der Waals surface area contributed by atoms with Crippen molar-refractivity contribution in [3.63, 3.8) is 0 Å². The van der Waals surface area contributed by atoms with E-state index < -0.39 is 0 Å². The van der Waals surface area contributed by atoms with Crippen molar-refractivity contribution in [2.24, 2.45) is 5.73 Å². The van der Waals surface area contributed by atoms with Crippen molar-refractivity contribution in [2.75, 3.05) is 11.5 Å². The van der Waals surface area contributed by atoms with E-state index in [9.17, 15) is 0 Å². The second-order valence-corrected chi connectivity index (χ2v) is 6.65. The van der Waals surface area contributed by atoms with Gasteiger partial charge in [-0.05, 0) is 24.0 Å². The van der Waals surface area contributed by atoms with Gasteiger partial charge in [0.05, 0.1) is 0 Å². The first-order valence-corrected chi connectivity index (χ1v) is 7.90. The van der Waals surface area contributed by atoms with Crippen LogP contribution >= 0.6 is 11.8 Å².